The minimum atomic E-state index is -0.0858. The van der Waals surface area contributed by atoms with Crippen LogP contribution in [0.1, 0.15) is 75.5 Å². The molecule has 50 heavy (non-hydrogen) atoms. The Hall–Kier alpha value is -4.88. The van der Waals surface area contributed by atoms with Crippen LogP contribution in [0.5, 0.6) is 0 Å². The van der Waals surface area contributed by atoms with E-state index in [4.69, 9.17) is 0 Å². The molecule has 2 saturated carbocycles. The van der Waals surface area contributed by atoms with Crippen molar-refractivity contribution < 1.29 is 0 Å². The van der Waals surface area contributed by atoms with Crippen molar-refractivity contribution in [3.05, 3.63) is 162 Å². The van der Waals surface area contributed by atoms with E-state index in [2.05, 4.69) is 171 Å². The molecule has 3 aliphatic carbocycles. The summed E-state index contributed by atoms with van der Waals surface area (Å²) in [7, 11) is 0. The molecule has 1 nitrogen and oxygen atoms in total. The number of nitrogens with zero attached hydrogens (tertiary/aromatic N) is 1. The van der Waals surface area contributed by atoms with Crippen molar-refractivity contribution in [2.24, 2.45) is 17.8 Å². The topological polar surface area (TPSA) is 3.24 Å². The molecule has 0 aromatic heterocycles. The first-order chi connectivity index (χ1) is 24.4. The Morgan fingerprint density at radius 2 is 1.02 bits per heavy atom. The van der Waals surface area contributed by atoms with Gasteiger partial charge in [-0.2, -0.15) is 0 Å². The number of hydrogen-bond donors (Lipinski definition) is 0. The summed E-state index contributed by atoms with van der Waals surface area (Å²) >= 11 is 0. The zero-order chi connectivity index (χ0) is 33.8. The van der Waals surface area contributed by atoms with E-state index in [1.54, 1.807) is 0 Å². The van der Waals surface area contributed by atoms with Crippen molar-refractivity contribution in [3.8, 4) is 33.4 Å². The Morgan fingerprint density at radius 3 is 1.68 bits per heavy atom. The Bertz CT molecular complexity index is 2140. The average Bonchev–Trinajstić information content (AvgIpc) is 3.38. The smallest absolute Gasteiger partial charge is 0.0540 e. The lowest BCUT2D eigenvalue weighted by Gasteiger charge is -2.42. The lowest BCUT2D eigenvalue weighted by Crippen LogP contribution is -2.29. The van der Waals surface area contributed by atoms with Crippen molar-refractivity contribution in [1.82, 2.24) is 0 Å². The highest BCUT2D eigenvalue weighted by Crippen LogP contribution is 2.52. The molecular weight excluding hydrogens is 603 g/mol. The highest BCUT2D eigenvalue weighted by atomic mass is 15.1. The van der Waals surface area contributed by atoms with Crippen LogP contribution in [0.15, 0.2) is 146 Å². The summed E-state index contributed by atoms with van der Waals surface area (Å²) in [6.07, 6.45) is 7.02. The molecule has 0 N–H and O–H groups in total. The third kappa shape index (κ3) is 5.39. The largest absolute Gasteiger partial charge is 0.309 e. The summed E-state index contributed by atoms with van der Waals surface area (Å²) in [4.78, 5) is 2.51. The van der Waals surface area contributed by atoms with Gasteiger partial charge >= 0.3 is 0 Å². The molecule has 2 fully saturated rings. The fourth-order valence-corrected chi connectivity index (χ4v) is 10.1. The molecule has 2 atom stereocenters. The van der Waals surface area contributed by atoms with Crippen LogP contribution in [0.25, 0.3) is 33.4 Å². The molecule has 248 valence electrons. The second-order valence-corrected chi connectivity index (χ2v) is 16.0. The number of hydrogen-bond acceptors (Lipinski definition) is 1. The fourth-order valence-electron chi connectivity index (χ4n) is 10.1. The van der Waals surface area contributed by atoms with Crippen LogP contribution in [0.2, 0.25) is 0 Å². The number of para-hydroxylation sites is 2. The average molecular weight is 650 g/mol. The molecule has 2 bridgehead atoms. The predicted octanol–water partition coefficient (Wildman–Crippen LogP) is 13.7. The van der Waals surface area contributed by atoms with Gasteiger partial charge < -0.3 is 4.90 Å². The first-order valence-electron chi connectivity index (χ1n) is 18.8. The molecule has 6 aromatic rings. The van der Waals surface area contributed by atoms with E-state index in [-0.39, 0.29) is 5.41 Å². The van der Waals surface area contributed by atoms with Crippen molar-refractivity contribution in [3.63, 3.8) is 0 Å². The second-order valence-electron chi connectivity index (χ2n) is 16.0. The summed E-state index contributed by atoms with van der Waals surface area (Å²) in [6.45, 7) is 7.22. The summed E-state index contributed by atoms with van der Waals surface area (Å²) in [5.74, 6) is 3.42. The van der Waals surface area contributed by atoms with Gasteiger partial charge in [-0.15, -0.1) is 0 Å². The summed E-state index contributed by atoms with van der Waals surface area (Å²) in [5, 5.41) is 0. The van der Waals surface area contributed by atoms with Crippen LogP contribution >= 0.6 is 0 Å². The van der Waals surface area contributed by atoms with Gasteiger partial charge in [-0.3, -0.25) is 0 Å². The van der Waals surface area contributed by atoms with E-state index in [0.29, 0.717) is 5.92 Å². The van der Waals surface area contributed by atoms with Gasteiger partial charge in [0.25, 0.3) is 0 Å². The summed E-state index contributed by atoms with van der Waals surface area (Å²) in [5.41, 5.74) is 15.4. The minimum absolute atomic E-state index is 0.0858. The molecule has 9 rings (SSSR count). The fraction of sp³-hybridized carbons (Fsp3) is 0.265. The van der Waals surface area contributed by atoms with Gasteiger partial charge in [-0.25, -0.2) is 0 Å². The molecule has 0 spiro atoms. The van der Waals surface area contributed by atoms with Gasteiger partial charge in [0.05, 0.1) is 11.4 Å². The van der Waals surface area contributed by atoms with Crippen LogP contribution in [-0.4, -0.2) is 0 Å². The minimum Gasteiger partial charge on any atom is -0.309 e. The number of fused-ring (bicyclic) bond motifs is 5. The molecule has 6 aromatic carbocycles. The van der Waals surface area contributed by atoms with Gasteiger partial charge in [0.15, 0.2) is 0 Å². The third-order valence-corrected chi connectivity index (χ3v) is 12.3. The van der Waals surface area contributed by atoms with E-state index in [9.17, 15) is 0 Å². The normalized spacial score (nSPS) is 21.7. The molecule has 3 aliphatic rings. The molecule has 2 unspecified atom stereocenters. The Balaban J connectivity index is 1.17. The van der Waals surface area contributed by atoms with Gasteiger partial charge in [-0.1, -0.05) is 142 Å². The van der Waals surface area contributed by atoms with Gasteiger partial charge in [0.1, 0.15) is 0 Å². The highest BCUT2D eigenvalue weighted by molar-refractivity contribution is 5.94. The number of rotatable bonds is 6. The maximum atomic E-state index is 2.51. The molecule has 1 heteroatoms. The van der Waals surface area contributed by atoms with E-state index in [0.717, 1.165) is 17.8 Å². The zero-order valence-corrected chi connectivity index (χ0v) is 29.6. The second kappa shape index (κ2) is 12.5. The van der Waals surface area contributed by atoms with Crippen LogP contribution < -0.4 is 4.90 Å². The van der Waals surface area contributed by atoms with Gasteiger partial charge in [0, 0.05) is 22.2 Å². The van der Waals surface area contributed by atoms with Crippen LogP contribution in [-0.2, 0) is 5.41 Å². The van der Waals surface area contributed by atoms with E-state index in [1.807, 2.05) is 0 Å². The Morgan fingerprint density at radius 1 is 0.480 bits per heavy atom. The third-order valence-electron chi connectivity index (χ3n) is 12.3. The van der Waals surface area contributed by atoms with Crippen molar-refractivity contribution in [2.45, 2.75) is 64.2 Å². The molecule has 0 saturated heterocycles. The summed E-state index contributed by atoms with van der Waals surface area (Å²) < 4.78 is 0. The summed E-state index contributed by atoms with van der Waals surface area (Å²) in [6, 6.07) is 54.5. The Kier molecular flexibility index (Phi) is 7.76. The van der Waals surface area contributed by atoms with Crippen molar-refractivity contribution >= 4 is 17.1 Å². The maximum absolute atomic E-state index is 2.51. The first kappa shape index (κ1) is 31.1. The predicted molar refractivity (Wildman–Crippen MR) is 212 cm³/mol. The quantitative estimate of drug-likeness (QED) is 0.174. The molecule has 0 radical (unpaired) electrons. The number of anilines is 3. The van der Waals surface area contributed by atoms with Crippen molar-refractivity contribution in [1.29, 1.82) is 0 Å². The van der Waals surface area contributed by atoms with Crippen molar-refractivity contribution in [2.75, 3.05) is 4.90 Å². The van der Waals surface area contributed by atoms with Crippen LogP contribution in [0, 0.1) is 17.8 Å². The number of benzene rings is 6. The first-order valence-corrected chi connectivity index (χ1v) is 18.8. The molecular formula is C49H47N. The standard InChI is InChI=1S/C49H47N/c1-33-27-34-29-35(28-33)31-39(30-34)36-21-23-38(24-22-36)42-16-9-12-20-48(42)50(47-19-11-8-15-41(47)37-13-5-4-6-14-37)40-25-26-44-43-17-7-10-18-45(43)49(2,3)46(44)32-40/h4-26,32-35,39H,27-31H2,1-3H3. The van der Waals surface area contributed by atoms with Crippen LogP contribution in [0.4, 0.5) is 17.1 Å². The molecule has 0 aliphatic heterocycles. The monoisotopic (exact) mass is 649 g/mol. The molecule has 0 amide bonds. The molecule has 0 heterocycles. The van der Waals surface area contributed by atoms with E-state index >= 15 is 0 Å². The van der Waals surface area contributed by atoms with Crippen LogP contribution in [0.3, 0.4) is 0 Å². The van der Waals surface area contributed by atoms with Gasteiger partial charge in [0.2, 0.25) is 0 Å². The highest BCUT2D eigenvalue weighted by Gasteiger charge is 2.37. The SMILES string of the molecule is CC1CC2CC(C1)CC(c1ccc(-c3ccccc3N(c3ccc4c(c3)C(C)(C)c3ccccc3-4)c3ccccc3-c3ccccc3)cc1)C2. The van der Waals surface area contributed by atoms with Gasteiger partial charge in [-0.05, 0) is 119 Å². The lowest BCUT2D eigenvalue weighted by molar-refractivity contribution is 0.130. The van der Waals surface area contributed by atoms with E-state index in [1.165, 1.54) is 99.2 Å². The lowest BCUT2D eigenvalue weighted by atomic mass is 9.64. The zero-order valence-electron chi connectivity index (χ0n) is 29.6. The Labute approximate surface area is 298 Å². The van der Waals surface area contributed by atoms with E-state index < -0.39 is 0 Å². The maximum Gasteiger partial charge on any atom is 0.0540 e.